The Labute approximate surface area is 328 Å². The second-order valence-electron chi connectivity index (χ2n) is 16.5. The number of hydrogen-bond acceptors (Lipinski definition) is 2. The molecule has 0 N–H and O–H groups in total. The largest absolute Gasteiger partial charge is 0.453 e. The summed E-state index contributed by atoms with van der Waals surface area (Å²) < 4.78 is 7.23. The molecule has 0 amide bonds. The van der Waals surface area contributed by atoms with Gasteiger partial charge in [0.1, 0.15) is 5.58 Å². The Morgan fingerprint density at radius 3 is 1.50 bits per heavy atom. The zero-order valence-corrected chi connectivity index (χ0v) is 32.1. The van der Waals surface area contributed by atoms with E-state index in [0.717, 1.165) is 39.0 Å². The highest BCUT2D eigenvalue weighted by molar-refractivity contribution is 6.15. The number of hydrogen-bond donors (Lipinski definition) is 0. The first kappa shape index (κ1) is 32.8. The zero-order valence-electron chi connectivity index (χ0n) is 32.1. The maximum atomic E-state index is 7.23. The lowest BCUT2D eigenvalue weighted by Crippen LogP contribution is -2.16. The molecule has 0 radical (unpaired) electrons. The Kier molecular flexibility index (Phi) is 6.98. The minimum Gasteiger partial charge on any atom is -0.453 e. The molecule has 0 saturated carbocycles. The molecule has 2 heteroatoms. The average Bonchev–Trinajstić information content (AvgIpc) is 3.82. The molecule has 0 spiro atoms. The van der Waals surface area contributed by atoms with Crippen LogP contribution in [-0.2, 0) is 10.8 Å². The number of fused-ring (bicyclic) bond motifs is 10. The summed E-state index contributed by atoms with van der Waals surface area (Å²) >= 11 is 0. The Hall–Kier alpha value is -6.64. The van der Waals surface area contributed by atoms with Crippen LogP contribution in [0.3, 0.4) is 0 Å². The van der Waals surface area contributed by atoms with Gasteiger partial charge in [0.15, 0.2) is 5.58 Å². The van der Waals surface area contributed by atoms with Crippen molar-refractivity contribution in [2.45, 2.75) is 38.5 Å². The summed E-state index contributed by atoms with van der Waals surface area (Å²) in [4.78, 5) is 2.43. The van der Waals surface area contributed by atoms with Crippen LogP contribution in [0.5, 0.6) is 0 Å². The highest BCUT2D eigenvalue weighted by atomic mass is 16.3. The van der Waals surface area contributed by atoms with Gasteiger partial charge in [0.25, 0.3) is 0 Å². The summed E-state index contributed by atoms with van der Waals surface area (Å²) in [5.74, 6) is 0. The third-order valence-corrected chi connectivity index (χ3v) is 12.7. The van der Waals surface area contributed by atoms with Crippen LogP contribution in [0.15, 0.2) is 180 Å². The molecule has 2 nitrogen and oxygen atoms in total. The van der Waals surface area contributed by atoms with Crippen LogP contribution in [0.1, 0.15) is 49.9 Å². The fraction of sp³-hybridized carbons (Fsp3) is 0.111. The molecule has 0 saturated heterocycles. The monoisotopic (exact) mass is 719 g/mol. The van der Waals surface area contributed by atoms with E-state index in [-0.39, 0.29) is 10.8 Å². The lowest BCUT2D eigenvalue weighted by atomic mass is 9.82. The molecule has 8 aromatic carbocycles. The van der Waals surface area contributed by atoms with Gasteiger partial charge in [-0.2, -0.15) is 0 Å². The summed E-state index contributed by atoms with van der Waals surface area (Å²) in [5, 5.41) is 2.27. The second-order valence-corrected chi connectivity index (χ2v) is 16.5. The Morgan fingerprint density at radius 2 is 0.839 bits per heavy atom. The third kappa shape index (κ3) is 4.62. The van der Waals surface area contributed by atoms with Gasteiger partial charge in [-0.1, -0.05) is 179 Å². The van der Waals surface area contributed by atoms with Gasteiger partial charge in [0.2, 0.25) is 0 Å². The van der Waals surface area contributed by atoms with E-state index in [9.17, 15) is 0 Å². The maximum absolute atomic E-state index is 7.23. The molecular weight excluding hydrogens is 679 g/mol. The molecule has 268 valence electrons. The molecule has 2 aliphatic carbocycles. The summed E-state index contributed by atoms with van der Waals surface area (Å²) in [6.07, 6.45) is 0. The number of nitrogens with zero attached hydrogens (tertiary/aromatic N) is 1. The number of rotatable bonds is 5. The molecule has 9 aromatic rings. The van der Waals surface area contributed by atoms with Gasteiger partial charge in [-0.05, 0) is 79.9 Å². The van der Waals surface area contributed by atoms with Crippen molar-refractivity contribution in [3.63, 3.8) is 0 Å². The predicted octanol–water partition coefficient (Wildman–Crippen LogP) is 15.0. The molecule has 1 aromatic heterocycles. The van der Waals surface area contributed by atoms with E-state index < -0.39 is 0 Å². The molecule has 56 heavy (non-hydrogen) atoms. The fourth-order valence-corrected chi connectivity index (χ4v) is 9.82. The van der Waals surface area contributed by atoms with Crippen LogP contribution in [0.4, 0.5) is 17.1 Å². The fourth-order valence-electron chi connectivity index (χ4n) is 9.82. The Balaban J connectivity index is 1.12. The molecule has 2 aliphatic rings. The minimum atomic E-state index is -0.129. The zero-order chi connectivity index (χ0) is 37.8. The molecule has 0 fully saturated rings. The Morgan fingerprint density at radius 1 is 0.357 bits per heavy atom. The number of para-hydroxylation sites is 1. The van der Waals surface area contributed by atoms with Gasteiger partial charge < -0.3 is 9.32 Å². The van der Waals surface area contributed by atoms with Gasteiger partial charge in [0, 0.05) is 38.4 Å². The van der Waals surface area contributed by atoms with Crippen LogP contribution in [0, 0.1) is 0 Å². The molecule has 0 atom stereocenters. The van der Waals surface area contributed by atoms with E-state index in [4.69, 9.17) is 4.42 Å². The molecule has 11 rings (SSSR count). The predicted molar refractivity (Wildman–Crippen MR) is 234 cm³/mol. The summed E-state index contributed by atoms with van der Waals surface area (Å²) in [6, 6.07) is 64.3. The molecule has 0 aliphatic heterocycles. The lowest BCUT2D eigenvalue weighted by molar-refractivity contribution is 0.653. The van der Waals surface area contributed by atoms with Crippen LogP contribution in [-0.4, -0.2) is 0 Å². The highest BCUT2D eigenvalue weighted by Gasteiger charge is 2.39. The summed E-state index contributed by atoms with van der Waals surface area (Å²) in [7, 11) is 0. The van der Waals surface area contributed by atoms with Gasteiger partial charge in [-0.25, -0.2) is 0 Å². The summed E-state index contributed by atoms with van der Waals surface area (Å²) in [6.45, 7) is 9.36. The first-order chi connectivity index (χ1) is 27.3. The van der Waals surface area contributed by atoms with Gasteiger partial charge in [-0.15, -0.1) is 0 Å². The van der Waals surface area contributed by atoms with Crippen molar-refractivity contribution in [1.82, 2.24) is 0 Å². The van der Waals surface area contributed by atoms with E-state index >= 15 is 0 Å². The normalized spacial score (nSPS) is 14.4. The Bertz CT molecular complexity index is 3000. The molecule has 0 bridgehead atoms. The van der Waals surface area contributed by atoms with Crippen LogP contribution in [0.25, 0.3) is 66.4 Å². The van der Waals surface area contributed by atoms with Crippen molar-refractivity contribution in [3.05, 3.63) is 198 Å². The molecular formula is C54H41NO. The van der Waals surface area contributed by atoms with Crippen LogP contribution >= 0.6 is 0 Å². The smallest absolute Gasteiger partial charge is 0.159 e. The number of anilines is 3. The first-order valence-corrected chi connectivity index (χ1v) is 19.7. The van der Waals surface area contributed by atoms with Crippen molar-refractivity contribution in [2.75, 3.05) is 4.90 Å². The van der Waals surface area contributed by atoms with E-state index in [1.165, 1.54) is 66.8 Å². The van der Waals surface area contributed by atoms with Crippen LogP contribution < -0.4 is 4.90 Å². The maximum Gasteiger partial charge on any atom is 0.159 e. The van der Waals surface area contributed by atoms with Crippen molar-refractivity contribution in [2.24, 2.45) is 0 Å². The average molecular weight is 720 g/mol. The highest BCUT2D eigenvalue weighted by Crippen LogP contribution is 2.56. The van der Waals surface area contributed by atoms with E-state index in [2.05, 4.69) is 209 Å². The van der Waals surface area contributed by atoms with Gasteiger partial charge in [0.05, 0.1) is 11.4 Å². The van der Waals surface area contributed by atoms with Gasteiger partial charge in [-0.3, -0.25) is 0 Å². The second kappa shape index (κ2) is 11.9. The topological polar surface area (TPSA) is 16.4 Å². The van der Waals surface area contributed by atoms with Crippen molar-refractivity contribution < 1.29 is 4.42 Å². The molecule has 1 heterocycles. The van der Waals surface area contributed by atoms with E-state index in [1.807, 2.05) is 0 Å². The van der Waals surface area contributed by atoms with Gasteiger partial charge >= 0.3 is 0 Å². The summed E-state index contributed by atoms with van der Waals surface area (Å²) in [5.41, 5.74) is 20.1. The number of furan rings is 1. The van der Waals surface area contributed by atoms with Crippen molar-refractivity contribution in [3.8, 4) is 44.5 Å². The SMILES string of the molecule is CC1(C)c2ccccc2-c2c(N(c3ccc(-c4ccc(-c5ccccc5)cc4)cc3)c3cccc4c3oc3c5c(ccc34)C(C)(C)c3ccccc3-5)cccc21. The third-order valence-electron chi connectivity index (χ3n) is 12.7. The quantitative estimate of drug-likeness (QED) is 0.176. The molecule has 0 unspecified atom stereocenters. The van der Waals surface area contributed by atoms with Crippen LogP contribution in [0.2, 0.25) is 0 Å². The minimum absolute atomic E-state index is 0.109. The van der Waals surface area contributed by atoms with Crippen molar-refractivity contribution >= 4 is 39.0 Å². The van der Waals surface area contributed by atoms with E-state index in [0.29, 0.717) is 0 Å². The number of benzene rings is 8. The van der Waals surface area contributed by atoms with E-state index in [1.54, 1.807) is 0 Å². The first-order valence-electron chi connectivity index (χ1n) is 19.7. The standard InChI is InChI=1S/C54H41NO/c1-53(2)43-19-10-8-16-41(43)49-45(53)21-13-22-47(49)55(38-30-28-37(29-31-38)36-26-24-35(25-27-36)34-14-6-5-7-15-34)48-23-12-18-39-40-32-33-46-50(52(40)56-51(39)48)42-17-9-11-20-44(42)54(46,3)4/h5-33H,1-4H3. The van der Waals surface area contributed by atoms with Crippen molar-refractivity contribution in [1.29, 1.82) is 0 Å². The lowest BCUT2D eigenvalue weighted by Gasteiger charge is -2.29.